The Morgan fingerprint density at radius 1 is 1.19 bits per heavy atom. The molecule has 2 aromatic carbocycles. The van der Waals surface area contributed by atoms with Gasteiger partial charge in [-0.25, -0.2) is 18.2 Å². The molecule has 9 heteroatoms. The van der Waals surface area contributed by atoms with Crippen molar-refractivity contribution in [2.75, 3.05) is 23.7 Å². The maximum atomic E-state index is 12.8. The number of ether oxygens (including phenoxy) is 1. The van der Waals surface area contributed by atoms with E-state index in [-0.39, 0.29) is 5.82 Å². The van der Waals surface area contributed by atoms with Crippen LogP contribution in [0.25, 0.3) is 0 Å². The molecule has 2 rings (SSSR count). The highest BCUT2D eigenvalue weighted by molar-refractivity contribution is 7.92. The molecule has 0 bridgehead atoms. The molecule has 0 aliphatic rings. The molecule has 0 atom stereocenters. The summed E-state index contributed by atoms with van der Waals surface area (Å²) in [6.45, 7) is 1.89. The van der Waals surface area contributed by atoms with Gasteiger partial charge in [0.15, 0.2) is 0 Å². The van der Waals surface area contributed by atoms with Crippen molar-refractivity contribution in [1.82, 2.24) is 5.43 Å². The summed E-state index contributed by atoms with van der Waals surface area (Å²) in [5.74, 6) is -0.397. The van der Waals surface area contributed by atoms with Gasteiger partial charge in [0.2, 0.25) is 10.0 Å². The molecule has 2 aromatic rings. The molecule has 144 valence electrons. The lowest BCUT2D eigenvalue weighted by Gasteiger charge is -2.21. The highest BCUT2D eigenvalue weighted by Crippen LogP contribution is 2.21. The average Bonchev–Trinajstić information content (AvgIpc) is 2.62. The minimum Gasteiger partial charge on any atom is -0.494 e. The molecular formula is C18H20FN3O4S. The molecule has 0 radical (unpaired) electrons. The Labute approximate surface area is 157 Å². The molecule has 0 aliphatic heterocycles. The summed E-state index contributed by atoms with van der Waals surface area (Å²) in [7, 11) is -3.68. The van der Waals surface area contributed by atoms with E-state index in [1.165, 1.54) is 30.5 Å². The van der Waals surface area contributed by atoms with E-state index >= 15 is 0 Å². The molecule has 0 fully saturated rings. The third-order valence-corrected chi connectivity index (χ3v) is 4.54. The van der Waals surface area contributed by atoms with Crippen LogP contribution in [0.5, 0.6) is 5.75 Å². The van der Waals surface area contributed by atoms with E-state index in [2.05, 4.69) is 10.5 Å². The van der Waals surface area contributed by atoms with Crippen molar-refractivity contribution in [2.24, 2.45) is 5.10 Å². The molecule has 1 amide bonds. The van der Waals surface area contributed by atoms with Crippen LogP contribution in [0.15, 0.2) is 53.6 Å². The maximum absolute atomic E-state index is 12.8. The lowest BCUT2D eigenvalue weighted by molar-refractivity contribution is -0.119. The van der Waals surface area contributed by atoms with Gasteiger partial charge in [0.25, 0.3) is 5.91 Å². The summed E-state index contributed by atoms with van der Waals surface area (Å²) < 4.78 is 43.2. The Bertz CT molecular complexity index is 897. The van der Waals surface area contributed by atoms with Gasteiger partial charge in [-0.2, -0.15) is 5.10 Å². The zero-order valence-corrected chi connectivity index (χ0v) is 15.7. The van der Waals surface area contributed by atoms with Gasteiger partial charge in [0.1, 0.15) is 18.1 Å². The standard InChI is InChI=1S/C18H20FN3O4S/c1-3-26-17-10-8-16(9-11-17)22(27(2,24)25)13-18(23)21-20-12-14-4-6-15(19)7-5-14/h4-12H,3,13H2,1-2H3,(H,21,23)/b20-12-. The number of carbonyl (C=O) groups is 1. The van der Waals surface area contributed by atoms with Crippen LogP contribution in [0, 0.1) is 5.82 Å². The lowest BCUT2D eigenvalue weighted by Crippen LogP contribution is -2.39. The van der Waals surface area contributed by atoms with E-state index in [1.54, 1.807) is 24.3 Å². The van der Waals surface area contributed by atoms with Crippen LogP contribution < -0.4 is 14.5 Å². The molecule has 0 heterocycles. The van der Waals surface area contributed by atoms with Crippen molar-refractivity contribution in [3.8, 4) is 5.75 Å². The Morgan fingerprint density at radius 3 is 2.37 bits per heavy atom. The van der Waals surface area contributed by atoms with Crippen LogP contribution >= 0.6 is 0 Å². The number of hydrazone groups is 1. The van der Waals surface area contributed by atoms with Crippen LogP contribution in [0.4, 0.5) is 10.1 Å². The fraction of sp³-hybridized carbons (Fsp3) is 0.222. The van der Waals surface area contributed by atoms with Gasteiger partial charge in [-0.15, -0.1) is 0 Å². The lowest BCUT2D eigenvalue weighted by atomic mass is 10.2. The van der Waals surface area contributed by atoms with Crippen LogP contribution in [0.2, 0.25) is 0 Å². The number of anilines is 1. The van der Waals surface area contributed by atoms with E-state index in [1.807, 2.05) is 6.92 Å². The number of hydrogen-bond donors (Lipinski definition) is 1. The van der Waals surface area contributed by atoms with Crippen molar-refractivity contribution in [3.05, 3.63) is 59.9 Å². The first-order chi connectivity index (χ1) is 12.8. The van der Waals surface area contributed by atoms with Crippen LogP contribution in [-0.4, -0.2) is 39.9 Å². The molecule has 0 aromatic heterocycles. The zero-order chi connectivity index (χ0) is 19.9. The first kappa shape index (κ1) is 20.4. The van der Waals surface area contributed by atoms with E-state index in [0.29, 0.717) is 23.6 Å². The van der Waals surface area contributed by atoms with Gasteiger partial charge in [-0.3, -0.25) is 9.10 Å². The number of nitrogens with zero attached hydrogens (tertiary/aromatic N) is 2. The SMILES string of the molecule is CCOc1ccc(N(CC(=O)N/N=C\c2ccc(F)cc2)S(C)(=O)=O)cc1. The van der Waals surface area contributed by atoms with Crippen LogP contribution in [0.3, 0.4) is 0 Å². The fourth-order valence-corrected chi connectivity index (χ4v) is 3.03. The zero-order valence-electron chi connectivity index (χ0n) is 14.9. The predicted octanol–water partition coefficient (Wildman–Crippen LogP) is 2.14. The van der Waals surface area contributed by atoms with E-state index in [0.717, 1.165) is 10.6 Å². The van der Waals surface area contributed by atoms with Gasteiger partial charge < -0.3 is 4.74 Å². The number of nitrogens with one attached hydrogen (secondary N) is 1. The second-order valence-electron chi connectivity index (χ2n) is 5.54. The largest absolute Gasteiger partial charge is 0.494 e. The summed E-state index contributed by atoms with van der Waals surface area (Å²) in [5.41, 5.74) is 3.17. The second kappa shape index (κ2) is 9.13. The number of hydrogen-bond acceptors (Lipinski definition) is 5. The topological polar surface area (TPSA) is 88.1 Å². The molecule has 7 nitrogen and oxygen atoms in total. The minimum absolute atomic E-state index is 0.332. The Hall–Kier alpha value is -2.94. The summed E-state index contributed by atoms with van der Waals surface area (Å²) in [4.78, 5) is 12.1. The number of amides is 1. The Balaban J connectivity index is 2.05. The predicted molar refractivity (Wildman–Crippen MR) is 102 cm³/mol. The van der Waals surface area contributed by atoms with E-state index in [9.17, 15) is 17.6 Å². The minimum atomic E-state index is -3.68. The highest BCUT2D eigenvalue weighted by atomic mass is 32.2. The van der Waals surface area contributed by atoms with Crippen molar-refractivity contribution >= 4 is 27.8 Å². The second-order valence-corrected chi connectivity index (χ2v) is 7.45. The first-order valence-corrected chi connectivity index (χ1v) is 9.92. The number of benzene rings is 2. The number of sulfonamides is 1. The van der Waals surface area contributed by atoms with Gasteiger partial charge in [0.05, 0.1) is 24.8 Å². The maximum Gasteiger partial charge on any atom is 0.260 e. The third-order valence-electron chi connectivity index (χ3n) is 3.40. The van der Waals surface area contributed by atoms with Gasteiger partial charge in [-0.05, 0) is 48.9 Å². The molecular weight excluding hydrogens is 373 g/mol. The quantitative estimate of drug-likeness (QED) is 0.550. The van der Waals surface area contributed by atoms with Gasteiger partial charge >= 0.3 is 0 Å². The van der Waals surface area contributed by atoms with Crippen molar-refractivity contribution in [2.45, 2.75) is 6.92 Å². The number of rotatable bonds is 8. The third kappa shape index (κ3) is 6.37. The summed E-state index contributed by atoms with van der Waals surface area (Å²) in [6.07, 6.45) is 2.34. The molecule has 0 unspecified atom stereocenters. The smallest absolute Gasteiger partial charge is 0.260 e. The summed E-state index contributed by atoms with van der Waals surface area (Å²) >= 11 is 0. The van der Waals surface area contributed by atoms with Crippen LogP contribution in [0.1, 0.15) is 12.5 Å². The fourth-order valence-electron chi connectivity index (χ4n) is 2.17. The molecule has 0 saturated heterocycles. The summed E-state index contributed by atoms with van der Waals surface area (Å²) in [5, 5.41) is 3.75. The first-order valence-electron chi connectivity index (χ1n) is 8.07. The van der Waals surface area contributed by atoms with Gasteiger partial charge in [-0.1, -0.05) is 12.1 Å². The van der Waals surface area contributed by atoms with E-state index in [4.69, 9.17) is 4.74 Å². The Morgan fingerprint density at radius 2 is 1.81 bits per heavy atom. The van der Waals surface area contributed by atoms with Crippen molar-refractivity contribution in [1.29, 1.82) is 0 Å². The molecule has 0 aliphatic carbocycles. The van der Waals surface area contributed by atoms with E-state index < -0.39 is 22.5 Å². The molecule has 0 spiro atoms. The normalized spacial score (nSPS) is 11.4. The highest BCUT2D eigenvalue weighted by Gasteiger charge is 2.20. The molecule has 27 heavy (non-hydrogen) atoms. The van der Waals surface area contributed by atoms with Crippen LogP contribution in [-0.2, 0) is 14.8 Å². The molecule has 0 saturated carbocycles. The number of carbonyl (C=O) groups excluding carboxylic acids is 1. The summed E-state index contributed by atoms with van der Waals surface area (Å²) in [6, 6.07) is 11.9. The Kier molecular flexibility index (Phi) is 6.89. The number of halogens is 1. The monoisotopic (exact) mass is 393 g/mol. The molecule has 1 N–H and O–H groups in total. The van der Waals surface area contributed by atoms with Crippen molar-refractivity contribution in [3.63, 3.8) is 0 Å². The van der Waals surface area contributed by atoms with Gasteiger partial charge in [0, 0.05) is 0 Å². The average molecular weight is 393 g/mol. The van der Waals surface area contributed by atoms with Crippen molar-refractivity contribution < 1.29 is 22.3 Å².